The molecule has 5 nitrogen and oxygen atoms in total. The number of nitrogens with two attached hydrogens (primary N) is 1. The molecule has 0 aromatic heterocycles. The third-order valence-corrected chi connectivity index (χ3v) is 5.07. The first kappa shape index (κ1) is 15.7. The molecule has 2 atom stereocenters. The van der Waals surface area contributed by atoms with E-state index in [1.54, 1.807) is 0 Å². The lowest BCUT2D eigenvalue weighted by molar-refractivity contribution is -0.144. The number of piperazine rings is 1. The quantitative estimate of drug-likeness (QED) is 0.760. The van der Waals surface area contributed by atoms with Gasteiger partial charge in [0.15, 0.2) is 0 Å². The topological polar surface area (TPSA) is 69.8 Å². The largest absolute Gasteiger partial charge is 0.480 e. The molecule has 0 amide bonds. The monoisotopic (exact) mass is 283 g/mol. The van der Waals surface area contributed by atoms with Gasteiger partial charge in [-0.15, -0.1) is 0 Å². The van der Waals surface area contributed by atoms with Gasteiger partial charge in [-0.1, -0.05) is 13.3 Å². The van der Waals surface area contributed by atoms with E-state index in [4.69, 9.17) is 5.73 Å². The van der Waals surface area contributed by atoms with Crippen molar-refractivity contribution in [3.63, 3.8) is 0 Å². The summed E-state index contributed by atoms with van der Waals surface area (Å²) in [5, 5.41) is 9.33. The number of carboxylic acid groups (broad SMARTS) is 1. The number of aliphatic carboxylic acids is 1. The molecule has 2 fully saturated rings. The summed E-state index contributed by atoms with van der Waals surface area (Å²) < 4.78 is 0. The summed E-state index contributed by atoms with van der Waals surface area (Å²) in [5.41, 5.74) is 5.13. The summed E-state index contributed by atoms with van der Waals surface area (Å²) in [4.78, 5) is 16.3. The van der Waals surface area contributed by atoms with Gasteiger partial charge >= 0.3 is 5.97 Å². The average Bonchev–Trinajstić information content (AvgIpc) is 2.81. The highest BCUT2D eigenvalue weighted by molar-refractivity contribution is 5.79. The molecule has 1 saturated heterocycles. The van der Waals surface area contributed by atoms with Crippen molar-refractivity contribution < 1.29 is 9.90 Å². The van der Waals surface area contributed by atoms with Gasteiger partial charge in [-0.2, -0.15) is 0 Å². The van der Waals surface area contributed by atoms with Crippen LogP contribution in [0.1, 0.15) is 39.0 Å². The van der Waals surface area contributed by atoms with E-state index in [2.05, 4.69) is 16.7 Å². The fraction of sp³-hybridized carbons (Fsp3) is 0.933. The molecule has 20 heavy (non-hydrogen) atoms. The minimum Gasteiger partial charge on any atom is -0.480 e. The van der Waals surface area contributed by atoms with Crippen molar-refractivity contribution in [3.8, 4) is 0 Å². The molecule has 5 heteroatoms. The molecule has 0 spiro atoms. The van der Waals surface area contributed by atoms with Crippen LogP contribution in [-0.4, -0.2) is 65.7 Å². The Bertz CT molecular complexity index is 329. The minimum atomic E-state index is -0.968. The zero-order chi connectivity index (χ0) is 14.6. The van der Waals surface area contributed by atoms with Crippen LogP contribution in [0.5, 0.6) is 0 Å². The third-order valence-electron chi connectivity index (χ3n) is 5.07. The van der Waals surface area contributed by atoms with Crippen LogP contribution in [0.4, 0.5) is 0 Å². The molecule has 0 radical (unpaired) electrons. The Morgan fingerprint density at radius 2 is 1.85 bits per heavy atom. The van der Waals surface area contributed by atoms with Gasteiger partial charge in [0.05, 0.1) is 0 Å². The fourth-order valence-electron chi connectivity index (χ4n) is 3.68. The highest BCUT2D eigenvalue weighted by Gasteiger charge is 2.45. The number of carboxylic acids is 1. The second kappa shape index (κ2) is 6.87. The smallest absolute Gasteiger partial charge is 0.323 e. The molecule has 1 saturated carbocycles. The normalized spacial score (nSPS) is 32.6. The Labute approximate surface area is 122 Å². The summed E-state index contributed by atoms with van der Waals surface area (Å²) in [5.74, 6) is -0.665. The van der Waals surface area contributed by atoms with Crippen LogP contribution >= 0.6 is 0 Å². The molecule has 0 aromatic carbocycles. The van der Waals surface area contributed by atoms with Crippen molar-refractivity contribution in [2.24, 2.45) is 11.7 Å². The average molecular weight is 283 g/mol. The molecule has 1 heterocycles. The number of hydrogen-bond acceptors (Lipinski definition) is 4. The van der Waals surface area contributed by atoms with E-state index < -0.39 is 11.5 Å². The predicted octanol–water partition coefficient (Wildman–Crippen LogP) is 0.986. The van der Waals surface area contributed by atoms with Crippen LogP contribution in [0.25, 0.3) is 0 Å². The Hall–Kier alpha value is -0.650. The highest BCUT2D eigenvalue weighted by Crippen LogP contribution is 2.36. The first-order valence-corrected chi connectivity index (χ1v) is 8.03. The maximum Gasteiger partial charge on any atom is 0.323 e. The van der Waals surface area contributed by atoms with Gasteiger partial charge in [0.25, 0.3) is 0 Å². The molecule has 3 N–H and O–H groups in total. The van der Waals surface area contributed by atoms with E-state index >= 15 is 0 Å². The van der Waals surface area contributed by atoms with Gasteiger partial charge in [-0.05, 0) is 44.7 Å². The van der Waals surface area contributed by atoms with Crippen LogP contribution in [-0.2, 0) is 4.79 Å². The van der Waals surface area contributed by atoms with Gasteiger partial charge in [-0.25, -0.2) is 0 Å². The summed E-state index contributed by atoms with van der Waals surface area (Å²) in [6.07, 6.45) is 4.71. The van der Waals surface area contributed by atoms with Crippen molar-refractivity contribution >= 4 is 5.97 Å². The lowest BCUT2D eigenvalue weighted by atomic mass is 9.85. The van der Waals surface area contributed by atoms with Crippen molar-refractivity contribution in [3.05, 3.63) is 0 Å². The molecule has 2 aliphatic rings. The maximum absolute atomic E-state index is 11.4. The van der Waals surface area contributed by atoms with Crippen molar-refractivity contribution in [1.82, 2.24) is 9.80 Å². The van der Waals surface area contributed by atoms with Gasteiger partial charge < -0.3 is 20.6 Å². The van der Waals surface area contributed by atoms with Gasteiger partial charge in [0.2, 0.25) is 0 Å². The van der Waals surface area contributed by atoms with Crippen LogP contribution in [0.15, 0.2) is 0 Å². The molecule has 2 unspecified atom stereocenters. The molecule has 0 aromatic rings. The van der Waals surface area contributed by atoms with E-state index in [0.29, 0.717) is 6.42 Å². The summed E-state index contributed by atoms with van der Waals surface area (Å²) in [6.45, 7) is 8.92. The van der Waals surface area contributed by atoms with Crippen LogP contribution in [0.2, 0.25) is 0 Å². The lowest BCUT2D eigenvalue weighted by Gasteiger charge is -2.36. The molecule has 1 aliphatic heterocycles. The van der Waals surface area contributed by atoms with Crippen molar-refractivity contribution in [2.75, 3.05) is 39.3 Å². The molecule has 0 bridgehead atoms. The van der Waals surface area contributed by atoms with Crippen LogP contribution in [0, 0.1) is 5.92 Å². The predicted molar refractivity (Wildman–Crippen MR) is 79.7 cm³/mol. The number of nitrogens with zero attached hydrogens (tertiary/aromatic N) is 2. The Morgan fingerprint density at radius 1 is 1.25 bits per heavy atom. The third kappa shape index (κ3) is 3.51. The zero-order valence-corrected chi connectivity index (χ0v) is 12.7. The number of rotatable bonds is 6. The minimum absolute atomic E-state index is 0.147. The lowest BCUT2D eigenvalue weighted by Crippen LogP contribution is -2.52. The number of carbonyl (C=O) groups is 1. The SMILES string of the molecule is CCCN1CCN(CCC2CCCC2(N)C(=O)O)CC1. The van der Waals surface area contributed by atoms with Gasteiger partial charge in [-0.3, -0.25) is 4.79 Å². The van der Waals surface area contributed by atoms with E-state index in [0.717, 1.165) is 52.0 Å². The van der Waals surface area contributed by atoms with E-state index in [-0.39, 0.29) is 5.92 Å². The first-order valence-electron chi connectivity index (χ1n) is 8.03. The molecule has 116 valence electrons. The zero-order valence-electron chi connectivity index (χ0n) is 12.7. The van der Waals surface area contributed by atoms with Crippen LogP contribution < -0.4 is 5.73 Å². The number of hydrogen-bond donors (Lipinski definition) is 2. The molecular weight excluding hydrogens is 254 g/mol. The summed E-state index contributed by atoms with van der Waals surface area (Å²) >= 11 is 0. The Morgan fingerprint density at radius 3 is 2.40 bits per heavy atom. The Balaban J connectivity index is 1.75. The summed E-state index contributed by atoms with van der Waals surface area (Å²) in [6, 6.07) is 0. The molecule has 1 aliphatic carbocycles. The van der Waals surface area contributed by atoms with Crippen LogP contribution in [0.3, 0.4) is 0 Å². The van der Waals surface area contributed by atoms with Crippen molar-refractivity contribution in [2.45, 2.75) is 44.6 Å². The molecular formula is C15H29N3O2. The Kier molecular flexibility index (Phi) is 5.41. The second-order valence-electron chi connectivity index (χ2n) is 6.41. The van der Waals surface area contributed by atoms with E-state index in [1.807, 2.05) is 0 Å². The second-order valence-corrected chi connectivity index (χ2v) is 6.41. The van der Waals surface area contributed by atoms with E-state index in [1.165, 1.54) is 13.0 Å². The molecule has 2 rings (SSSR count). The van der Waals surface area contributed by atoms with E-state index in [9.17, 15) is 9.90 Å². The fourth-order valence-corrected chi connectivity index (χ4v) is 3.68. The summed E-state index contributed by atoms with van der Waals surface area (Å²) in [7, 11) is 0. The van der Waals surface area contributed by atoms with Gasteiger partial charge in [0, 0.05) is 26.2 Å². The standard InChI is InChI=1S/C15H29N3O2/c1-2-7-17-9-11-18(12-10-17)8-5-13-4-3-6-15(13,16)14(19)20/h13H,2-12,16H2,1H3,(H,19,20). The van der Waals surface area contributed by atoms with Gasteiger partial charge in [0.1, 0.15) is 5.54 Å². The maximum atomic E-state index is 11.4. The first-order chi connectivity index (χ1) is 9.56. The van der Waals surface area contributed by atoms with Crippen molar-refractivity contribution in [1.29, 1.82) is 0 Å². The highest BCUT2D eigenvalue weighted by atomic mass is 16.4.